The number of piperazine rings is 1. The van der Waals surface area contributed by atoms with E-state index in [4.69, 9.17) is 0 Å². The summed E-state index contributed by atoms with van der Waals surface area (Å²) >= 11 is 1.66. The minimum absolute atomic E-state index is 0.00915. The summed E-state index contributed by atoms with van der Waals surface area (Å²) in [6.07, 6.45) is 3.83. The van der Waals surface area contributed by atoms with Crippen molar-refractivity contribution >= 4 is 23.2 Å². The zero-order valence-electron chi connectivity index (χ0n) is 16.4. The number of nitrogens with zero attached hydrogens (tertiary/aromatic N) is 3. The van der Waals surface area contributed by atoms with E-state index in [9.17, 15) is 9.59 Å². The number of amides is 2. The topological polar surface area (TPSA) is 65.5 Å². The van der Waals surface area contributed by atoms with E-state index in [0.717, 1.165) is 43.7 Å². The monoisotopic (exact) mass is 398 g/mol. The molecule has 4 rings (SSSR count). The van der Waals surface area contributed by atoms with Crippen LogP contribution < -0.4 is 5.32 Å². The highest BCUT2D eigenvalue weighted by molar-refractivity contribution is 7.10. The molecular formula is C21H26N4O2S. The van der Waals surface area contributed by atoms with E-state index in [0.29, 0.717) is 13.1 Å². The molecule has 4 heterocycles. The molecule has 1 N–H and O–H groups in total. The normalized spacial score (nSPS) is 20.0. The Morgan fingerprint density at radius 3 is 2.96 bits per heavy atom. The lowest BCUT2D eigenvalue weighted by molar-refractivity contribution is -0.127. The maximum absolute atomic E-state index is 13.1. The van der Waals surface area contributed by atoms with E-state index in [1.807, 2.05) is 11.6 Å². The Labute approximate surface area is 169 Å². The molecule has 2 aliphatic rings. The minimum Gasteiger partial charge on any atom is -0.353 e. The van der Waals surface area contributed by atoms with Crippen molar-refractivity contribution in [1.29, 1.82) is 0 Å². The van der Waals surface area contributed by atoms with Gasteiger partial charge in [0, 0.05) is 49.2 Å². The van der Waals surface area contributed by atoms with Gasteiger partial charge in [0.25, 0.3) is 5.91 Å². The third-order valence-corrected chi connectivity index (χ3v) is 6.71. The standard InChI is InChI=1S/C21H26N4O2S/c1-3-15-4-5-16(23-10-15)11-24-8-6-17-18(13-28-19(17)12-24)21(27)25-9-7-22-20(26)14(25)2/h4-5,10,13-14H,3,6-9,11-12H2,1-2H3,(H,22,26). The Balaban J connectivity index is 1.45. The van der Waals surface area contributed by atoms with E-state index in [1.54, 1.807) is 23.2 Å². The zero-order chi connectivity index (χ0) is 19.7. The van der Waals surface area contributed by atoms with Crippen LogP contribution in [-0.4, -0.2) is 52.3 Å². The van der Waals surface area contributed by atoms with E-state index in [2.05, 4.69) is 34.3 Å². The Kier molecular flexibility index (Phi) is 5.46. The van der Waals surface area contributed by atoms with Crippen LogP contribution in [0.3, 0.4) is 0 Å². The fourth-order valence-electron chi connectivity index (χ4n) is 3.90. The number of aryl methyl sites for hydroxylation is 1. The molecule has 148 valence electrons. The van der Waals surface area contributed by atoms with Gasteiger partial charge in [-0.05, 0) is 37.0 Å². The number of hydrogen-bond donors (Lipinski definition) is 1. The zero-order valence-corrected chi connectivity index (χ0v) is 17.2. The predicted molar refractivity (Wildman–Crippen MR) is 109 cm³/mol. The van der Waals surface area contributed by atoms with Crippen molar-refractivity contribution in [2.24, 2.45) is 0 Å². The van der Waals surface area contributed by atoms with Crippen molar-refractivity contribution in [2.75, 3.05) is 19.6 Å². The average molecular weight is 399 g/mol. The molecule has 2 aliphatic heterocycles. The fourth-order valence-corrected chi connectivity index (χ4v) is 5.01. The first kappa shape index (κ1) is 19.1. The summed E-state index contributed by atoms with van der Waals surface area (Å²) in [5.74, 6) is -0.0819. The van der Waals surface area contributed by atoms with Crippen LogP contribution in [0.1, 0.15) is 45.9 Å². The van der Waals surface area contributed by atoms with Crippen molar-refractivity contribution in [3.8, 4) is 0 Å². The number of pyridine rings is 1. The fraction of sp³-hybridized carbons (Fsp3) is 0.476. The molecule has 2 aromatic heterocycles. The van der Waals surface area contributed by atoms with Crippen molar-refractivity contribution in [3.05, 3.63) is 51.0 Å². The van der Waals surface area contributed by atoms with Crippen molar-refractivity contribution in [1.82, 2.24) is 20.1 Å². The summed E-state index contributed by atoms with van der Waals surface area (Å²) in [6.45, 7) is 7.62. The number of aromatic nitrogens is 1. The Morgan fingerprint density at radius 1 is 1.36 bits per heavy atom. The molecule has 7 heteroatoms. The quantitative estimate of drug-likeness (QED) is 0.858. The molecule has 0 spiro atoms. The van der Waals surface area contributed by atoms with Gasteiger partial charge in [0.05, 0.1) is 11.3 Å². The van der Waals surface area contributed by atoms with E-state index >= 15 is 0 Å². The van der Waals surface area contributed by atoms with Gasteiger partial charge in [-0.15, -0.1) is 11.3 Å². The second-order valence-electron chi connectivity index (χ2n) is 7.49. The Hall–Kier alpha value is -2.25. The lowest BCUT2D eigenvalue weighted by Crippen LogP contribution is -2.55. The Morgan fingerprint density at radius 2 is 2.21 bits per heavy atom. The van der Waals surface area contributed by atoms with Crippen molar-refractivity contribution in [2.45, 2.75) is 45.8 Å². The van der Waals surface area contributed by atoms with Crippen LogP contribution in [0.25, 0.3) is 0 Å². The number of rotatable bonds is 4. The number of thiophene rings is 1. The van der Waals surface area contributed by atoms with Crippen molar-refractivity contribution in [3.63, 3.8) is 0 Å². The largest absolute Gasteiger partial charge is 0.353 e. The molecule has 0 radical (unpaired) electrons. The van der Waals surface area contributed by atoms with Crippen LogP contribution in [-0.2, 0) is 30.7 Å². The lowest BCUT2D eigenvalue weighted by atomic mass is 10.0. The SMILES string of the molecule is CCc1ccc(CN2CCc3c(C(=O)N4CCNC(=O)C4C)csc3C2)nc1. The highest BCUT2D eigenvalue weighted by Gasteiger charge is 2.33. The molecule has 1 saturated heterocycles. The highest BCUT2D eigenvalue weighted by atomic mass is 32.1. The van der Waals surface area contributed by atoms with Crippen LogP contribution in [0.4, 0.5) is 0 Å². The van der Waals surface area contributed by atoms with Crippen LogP contribution in [0.2, 0.25) is 0 Å². The molecule has 6 nitrogen and oxygen atoms in total. The predicted octanol–water partition coefficient (Wildman–Crippen LogP) is 2.22. The summed E-state index contributed by atoms with van der Waals surface area (Å²) in [6, 6.07) is 3.85. The summed E-state index contributed by atoms with van der Waals surface area (Å²) in [4.78, 5) is 34.9. The summed E-state index contributed by atoms with van der Waals surface area (Å²) in [7, 11) is 0. The van der Waals surface area contributed by atoms with Gasteiger partial charge in [0.15, 0.2) is 0 Å². The first-order chi connectivity index (χ1) is 13.6. The van der Waals surface area contributed by atoms with Gasteiger partial charge < -0.3 is 10.2 Å². The molecule has 0 aliphatic carbocycles. The molecule has 2 amide bonds. The van der Waals surface area contributed by atoms with Crippen LogP contribution in [0.15, 0.2) is 23.7 Å². The van der Waals surface area contributed by atoms with E-state index in [1.165, 1.54) is 16.0 Å². The number of fused-ring (bicyclic) bond motifs is 1. The second-order valence-corrected chi connectivity index (χ2v) is 8.45. The molecule has 2 aromatic rings. The van der Waals surface area contributed by atoms with Gasteiger partial charge in [0.1, 0.15) is 6.04 Å². The number of carbonyl (C=O) groups is 2. The minimum atomic E-state index is -0.408. The number of nitrogens with one attached hydrogen (secondary N) is 1. The number of hydrogen-bond acceptors (Lipinski definition) is 5. The third kappa shape index (κ3) is 3.69. The average Bonchev–Trinajstić information content (AvgIpc) is 3.13. The molecule has 1 fully saturated rings. The smallest absolute Gasteiger partial charge is 0.255 e. The van der Waals surface area contributed by atoms with Crippen LogP contribution in [0.5, 0.6) is 0 Å². The van der Waals surface area contributed by atoms with Crippen LogP contribution in [0, 0.1) is 0 Å². The molecule has 0 aromatic carbocycles. The Bertz CT molecular complexity index is 877. The molecule has 1 atom stereocenters. The maximum atomic E-state index is 13.1. The summed E-state index contributed by atoms with van der Waals surface area (Å²) in [5.41, 5.74) is 4.29. The van der Waals surface area contributed by atoms with E-state index in [-0.39, 0.29) is 11.8 Å². The summed E-state index contributed by atoms with van der Waals surface area (Å²) in [5, 5.41) is 4.79. The van der Waals surface area contributed by atoms with Gasteiger partial charge in [-0.2, -0.15) is 0 Å². The third-order valence-electron chi connectivity index (χ3n) is 5.70. The van der Waals surface area contributed by atoms with Gasteiger partial charge >= 0.3 is 0 Å². The molecule has 0 bridgehead atoms. The molecule has 0 saturated carbocycles. The number of carbonyl (C=O) groups excluding carboxylic acids is 2. The molecular weight excluding hydrogens is 372 g/mol. The van der Waals surface area contributed by atoms with Gasteiger partial charge in [-0.1, -0.05) is 13.0 Å². The summed E-state index contributed by atoms with van der Waals surface area (Å²) < 4.78 is 0. The van der Waals surface area contributed by atoms with E-state index < -0.39 is 6.04 Å². The molecule has 1 unspecified atom stereocenters. The molecule has 28 heavy (non-hydrogen) atoms. The van der Waals surface area contributed by atoms with Crippen molar-refractivity contribution < 1.29 is 9.59 Å². The second kappa shape index (κ2) is 8.01. The van der Waals surface area contributed by atoms with Gasteiger partial charge in [-0.3, -0.25) is 19.5 Å². The first-order valence-electron chi connectivity index (χ1n) is 9.91. The lowest BCUT2D eigenvalue weighted by Gasteiger charge is -2.33. The first-order valence-corrected chi connectivity index (χ1v) is 10.8. The van der Waals surface area contributed by atoms with Gasteiger partial charge in [-0.25, -0.2) is 0 Å². The van der Waals surface area contributed by atoms with Crippen LogP contribution >= 0.6 is 11.3 Å². The highest BCUT2D eigenvalue weighted by Crippen LogP contribution is 2.30. The van der Waals surface area contributed by atoms with Gasteiger partial charge in [0.2, 0.25) is 5.91 Å². The maximum Gasteiger partial charge on any atom is 0.255 e.